The largest absolute Gasteiger partial charge is 0.435 e. The number of rotatable bonds is 5. The first-order chi connectivity index (χ1) is 12.5. The van der Waals surface area contributed by atoms with Crippen molar-refractivity contribution in [1.29, 1.82) is 0 Å². The van der Waals surface area contributed by atoms with Gasteiger partial charge in [-0.05, 0) is 60.4 Å². The number of nitrogens with one attached hydrogen (secondary N) is 1. The molecule has 0 spiro atoms. The molecule has 5 nitrogen and oxygen atoms in total. The molecule has 0 radical (unpaired) electrons. The van der Waals surface area contributed by atoms with Crippen molar-refractivity contribution in [3.8, 4) is 5.75 Å². The van der Waals surface area contributed by atoms with Gasteiger partial charge in [-0.15, -0.1) is 0 Å². The number of hydrogen-bond donors (Lipinski definition) is 1. The summed E-state index contributed by atoms with van der Waals surface area (Å²) in [5.41, 5.74) is 3.08. The Morgan fingerprint density at radius 1 is 1.42 bits per heavy atom. The van der Waals surface area contributed by atoms with Crippen LogP contribution >= 0.6 is 0 Å². The maximum Gasteiger partial charge on any atom is 0.387 e. The van der Waals surface area contributed by atoms with E-state index < -0.39 is 6.61 Å². The molecule has 1 aromatic carbocycles. The highest BCUT2D eigenvalue weighted by molar-refractivity contribution is 5.83. The molecule has 2 aliphatic rings. The van der Waals surface area contributed by atoms with Crippen LogP contribution in [0.1, 0.15) is 47.9 Å². The fourth-order valence-electron chi connectivity index (χ4n) is 3.88. The highest BCUT2D eigenvalue weighted by Crippen LogP contribution is 2.48. The first kappa shape index (κ1) is 17.0. The average molecular weight is 361 g/mol. The Morgan fingerprint density at radius 3 is 3.00 bits per heavy atom. The SMILES string of the molecule is Cn1cc([C@@H]2C[C@H]2C(=O)N[C@H]2CCCc3cc(OC(F)F)ccc32)cn1. The van der Waals surface area contributed by atoms with Gasteiger partial charge in [-0.1, -0.05) is 6.07 Å². The van der Waals surface area contributed by atoms with E-state index in [-0.39, 0.29) is 29.5 Å². The summed E-state index contributed by atoms with van der Waals surface area (Å²) < 4.78 is 31.0. The number of carbonyl (C=O) groups is 1. The number of benzene rings is 1. The van der Waals surface area contributed by atoms with Gasteiger partial charge >= 0.3 is 6.61 Å². The van der Waals surface area contributed by atoms with Crippen molar-refractivity contribution in [2.24, 2.45) is 13.0 Å². The minimum absolute atomic E-state index is 0.00832. The molecular weight excluding hydrogens is 340 g/mol. The molecule has 0 unspecified atom stereocenters. The topological polar surface area (TPSA) is 56.2 Å². The Morgan fingerprint density at radius 2 is 2.27 bits per heavy atom. The van der Waals surface area contributed by atoms with E-state index in [1.165, 1.54) is 0 Å². The van der Waals surface area contributed by atoms with E-state index in [1.807, 2.05) is 19.4 Å². The molecule has 0 saturated heterocycles. The fraction of sp³-hybridized carbons (Fsp3) is 0.474. The Bertz CT molecular complexity index is 821. The van der Waals surface area contributed by atoms with Gasteiger partial charge in [0.2, 0.25) is 5.91 Å². The molecule has 4 rings (SSSR count). The molecule has 1 N–H and O–H groups in total. The zero-order valence-corrected chi connectivity index (χ0v) is 14.5. The van der Waals surface area contributed by atoms with E-state index in [0.29, 0.717) is 0 Å². The first-order valence-electron chi connectivity index (χ1n) is 8.88. The number of ether oxygens (including phenoxy) is 1. The standard InChI is InChI=1S/C19H21F2N3O2/c1-24-10-12(9-22-24)15-8-16(15)18(25)23-17-4-2-3-11-7-13(26-19(20)21)5-6-14(11)17/h5-7,9-10,15-17,19H,2-4,8H2,1H3,(H,23,25)/t15-,16+,17-/m0/s1. The number of hydrogen-bond acceptors (Lipinski definition) is 3. The van der Waals surface area contributed by atoms with Crippen molar-refractivity contribution in [2.45, 2.75) is 44.3 Å². The Kier molecular flexibility index (Phi) is 4.38. The van der Waals surface area contributed by atoms with Crippen LogP contribution in [-0.2, 0) is 18.3 Å². The lowest BCUT2D eigenvalue weighted by molar-refractivity contribution is -0.123. The maximum absolute atomic E-state index is 12.6. The van der Waals surface area contributed by atoms with E-state index >= 15 is 0 Å². The van der Waals surface area contributed by atoms with E-state index in [2.05, 4.69) is 15.2 Å². The summed E-state index contributed by atoms with van der Waals surface area (Å²) in [6.07, 6.45) is 7.20. The Hall–Kier alpha value is -2.44. The molecule has 1 fully saturated rings. The summed E-state index contributed by atoms with van der Waals surface area (Å²) in [4.78, 5) is 12.6. The number of nitrogens with zero attached hydrogens (tertiary/aromatic N) is 2. The van der Waals surface area contributed by atoms with Gasteiger partial charge in [-0.3, -0.25) is 9.48 Å². The highest BCUT2D eigenvalue weighted by Gasteiger charge is 2.45. The molecule has 1 aromatic heterocycles. The van der Waals surface area contributed by atoms with Crippen LogP contribution in [0.2, 0.25) is 0 Å². The molecule has 3 atom stereocenters. The molecule has 0 aliphatic heterocycles. The summed E-state index contributed by atoms with van der Waals surface area (Å²) in [6.45, 7) is -2.83. The summed E-state index contributed by atoms with van der Waals surface area (Å²) >= 11 is 0. The van der Waals surface area contributed by atoms with Crippen LogP contribution in [0.4, 0.5) is 8.78 Å². The number of halogens is 2. The number of aryl methyl sites for hydroxylation is 2. The first-order valence-corrected chi connectivity index (χ1v) is 8.88. The summed E-state index contributed by atoms with van der Waals surface area (Å²) in [7, 11) is 1.87. The molecule has 7 heteroatoms. The lowest BCUT2D eigenvalue weighted by atomic mass is 9.87. The minimum atomic E-state index is -2.83. The molecule has 2 aliphatic carbocycles. The molecule has 1 heterocycles. The van der Waals surface area contributed by atoms with Crippen molar-refractivity contribution in [3.05, 3.63) is 47.3 Å². The normalized spacial score (nSPS) is 24.2. The molecule has 1 saturated carbocycles. The van der Waals surface area contributed by atoms with Crippen LogP contribution in [-0.4, -0.2) is 22.3 Å². The number of amides is 1. The fourth-order valence-corrected chi connectivity index (χ4v) is 3.88. The smallest absolute Gasteiger partial charge is 0.387 e. The van der Waals surface area contributed by atoms with Crippen molar-refractivity contribution >= 4 is 5.91 Å². The third-order valence-electron chi connectivity index (χ3n) is 5.25. The van der Waals surface area contributed by atoms with Crippen molar-refractivity contribution in [3.63, 3.8) is 0 Å². The lowest BCUT2D eigenvalue weighted by Gasteiger charge is -2.27. The van der Waals surface area contributed by atoms with Crippen LogP contribution in [0.3, 0.4) is 0 Å². The van der Waals surface area contributed by atoms with E-state index in [1.54, 1.807) is 22.9 Å². The van der Waals surface area contributed by atoms with Crippen molar-refractivity contribution in [1.82, 2.24) is 15.1 Å². The average Bonchev–Trinajstić information content (AvgIpc) is 3.29. The van der Waals surface area contributed by atoms with Crippen LogP contribution in [0, 0.1) is 5.92 Å². The van der Waals surface area contributed by atoms with Gasteiger partial charge in [-0.2, -0.15) is 13.9 Å². The second-order valence-corrected chi connectivity index (χ2v) is 7.09. The predicted molar refractivity (Wildman–Crippen MR) is 91.0 cm³/mol. The third-order valence-corrected chi connectivity index (χ3v) is 5.25. The molecular formula is C19H21F2N3O2. The summed E-state index contributed by atoms with van der Waals surface area (Å²) in [5, 5.41) is 7.31. The third kappa shape index (κ3) is 3.43. The molecule has 1 amide bonds. The number of fused-ring (bicyclic) bond motifs is 1. The molecule has 26 heavy (non-hydrogen) atoms. The van der Waals surface area contributed by atoms with Gasteiger partial charge in [0.25, 0.3) is 0 Å². The van der Waals surface area contributed by atoms with Crippen LogP contribution in [0.5, 0.6) is 5.75 Å². The predicted octanol–water partition coefficient (Wildman–Crippen LogP) is 3.32. The second-order valence-electron chi connectivity index (χ2n) is 7.09. The van der Waals surface area contributed by atoms with Gasteiger partial charge in [0.15, 0.2) is 0 Å². The minimum Gasteiger partial charge on any atom is -0.435 e. The number of aromatic nitrogens is 2. The Labute approximate surface area is 150 Å². The number of alkyl halides is 2. The quantitative estimate of drug-likeness (QED) is 0.889. The van der Waals surface area contributed by atoms with Gasteiger partial charge in [0, 0.05) is 19.2 Å². The number of carbonyl (C=O) groups excluding carboxylic acids is 1. The van der Waals surface area contributed by atoms with Gasteiger partial charge in [0.05, 0.1) is 12.2 Å². The molecule has 2 aromatic rings. The van der Waals surface area contributed by atoms with E-state index in [0.717, 1.165) is 42.4 Å². The monoisotopic (exact) mass is 361 g/mol. The highest BCUT2D eigenvalue weighted by atomic mass is 19.3. The van der Waals surface area contributed by atoms with E-state index in [9.17, 15) is 13.6 Å². The zero-order chi connectivity index (χ0) is 18.3. The van der Waals surface area contributed by atoms with Crippen LogP contribution in [0.15, 0.2) is 30.6 Å². The van der Waals surface area contributed by atoms with Gasteiger partial charge < -0.3 is 10.1 Å². The van der Waals surface area contributed by atoms with Gasteiger partial charge in [-0.25, -0.2) is 0 Å². The lowest BCUT2D eigenvalue weighted by Crippen LogP contribution is -2.32. The molecule has 0 bridgehead atoms. The Balaban J connectivity index is 1.43. The summed E-state index contributed by atoms with van der Waals surface area (Å²) in [5.74, 6) is 0.466. The second kappa shape index (κ2) is 6.70. The van der Waals surface area contributed by atoms with Crippen molar-refractivity contribution < 1.29 is 18.3 Å². The van der Waals surface area contributed by atoms with E-state index in [4.69, 9.17) is 0 Å². The van der Waals surface area contributed by atoms with Crippen molar-refractivity contribution in [2.75, 3.05) is 0 Å². The maximum atomic E-state index is 12.6. The zero-order valence-electron chi connectivity index (χ0n) is 14.5. The molecule has 138 valence electrons. The van der Waals surface area contributed by atoms with Gasteiger partial charge in [0.1, 0.15) is 5.75 Å². The van der Waals surface area contributed by atoms with Crippen LogP contribution < -0.4 is 10.1 Å². The van der Waals surface area contributed by atoms with Crippen LogP contribution in [0.25, 0.3) is 0 Å². The summed E-state index contributed by atoms with van der Waals surface area (Å²) in [6, 6.07) is 4.94.